The summed E-state index contributed by atoms with van der Waals surface area (Å²) in [5.41, 5.74) is 0.705. The highest BCUT2D eigenvalue weighted by Gasteiger charge is 2.32. The first kappa shape index (κ1) is 14.7. The summed E-state index contributed by atoms with van der Waals surface area (Å²) in [5.74, 6) is 1.05. The highest BCUT2D eigenvalue weighted by molar-refractivity contribution is 9.10. The summed E-state index contributed by atoms with van der Waals surface area (Å²) in [6.07, 6.45) is 4.29. The SMILES string of the molecule is OCC1(NCc2nnc(-c3ccccc3Br)o2)CCCC1. The minimum absolute atomic E-state index is 0.151. The van der Waals surface area contributed by atoms with Crippen molar-refractivity contribution >= 4 is 15.9 Å². The van der Waals surface area contributed by atoms with Crippen LogP contribution in [0.5, 0.6) is 0 Å². The molecule has 0 unspecified atom stereocenters. The van der Waals surface area contributed by atoms with E-state index in [4.69, 9.17) is 4.42 Å². The van der Waals surface area contributed by atoms with Gasteiger partial charge in [0, 0.05) is 10.0 Å². The third-order valence-corrected chi connectivity index (χ3v) is 4.74. The Hall–Kier alpha value is -1.24. The van der Waals surface area contributed by atoms with Gasteiger partial charge in [-0.05, 0) is 40.9 Å². The Morgan fingerprint density at radius 2 is 2.00 bits per heavy atom. The number of nitrogens with one attached hydrogen (secondary N) is 1. The molecule has 112 valence electrons. The number of halogens is 1. The molecule has 1 aromatic carbocycles. The molecular weight excluding hydrogens is 334 g/mol. The highest BCUT2D eigenvalue weighted by Crippen LogP contribution is 2.30. The van der Waals surface area contributed by atoms with Crippen molar-refractivity contribution in [2.75, 3.05) is 6.61 Å². The van der Waals surface area contributed by atoms with E-state index in [0.717, 1.165) is 35.7 Å². The van der Waals surface area contributed by atoms with Gasteiger partial charge < -0.3 is 14.8 Å². The Labute approximate surface area is 131 Å². The fourth-order valence-corrected chi connectivity index (χ4v) is 3.23. The van der Waals surface area contributed by atoms with Crippen LogP contribution >= 0.6 is 15.9 Å². The molecule has 1 heterocycles. The molecule has 0 atom stereocenters. The summed E-state index contributed by atoms with van der Waals surface area (Å²) < 4.78 is 6.63. The van der Waals surface area contributed by atoms with Crippen LogP contribution in [0.3, 0.4) is 0 Å². The quantitative estimate of drug-likeness (QED) is 0.866. The van der Waals surface area contributed by atoms with Crippen molar-refractivity contribution in [1.29, 1.82) is 0 Å². The van der Waals surface area contributed by atoms with Crippen molar-refractivity contribution in [2.45, 2.75) is 37.8 Å². The molecule has 1 saturated carbocycles. The van der Waals surface area contributed by atoms with Crippen LogP contribution in [0.15, 0.2) is 33.2 Å². The van der Waals surface area contributed by atoms with Crippen molar-refractivity contribution in [3.8, 4) is 11.5 Å². The number of aliphatic hydroxyl groups excluding tert-OH is 1. The summed E-state index contributed by atoms with van der Waals surface area (Å²) in [6.45, 7) is 0.635. The number of aromatic nitrogens is 2. The number of benzene rings is 1. The average molecular weight is 352 g/mol. The van der Waals surface area contributed by atoms with Gasteiger partial charge in [-0.1, -0.05) is 25.0 Å². The van der Waals surface area contributed by atoms with E-state index >= 15 is 0 Å². The minimum Gasteiger partial charge on any atom is -0.419 e. The minimum atomic E-state index is -0.179. The molecular formula is C15H18BrN3O2. The molecule has 3 rings (SSSR count). The van der Waals surface area contributed by atoms with Gasteiger partial charge in [0.1, 0.15) is 0 Å². The van der Waals surface area contributed by atoms with Gasteiger partial charge in [0.25, 0.3) is 0 Å². The smallest absolute Gasteiger partial charge is 0.248 e. The Kier molecular flexibility index (Phi) is 4.37. The summed E-state index contributed by atoms with van der Waals surface area (Å²) in [6, 6.07) is 7.75. The van der Waals surface area contributed by atoms with Gasteiger partial charge in [0.05, 0.1) is 18.7 Å². The Balaban J connectivity index is 1.70. The zero-order valence-corrected chi connectivity index (χ0v) is 13.3. The lowest BCUT2D eigenvalue weighted by Crippen LogP contribution is -2.45. The van der Waals surface area contributed by atoms with Crippen LogP contribution in [0.2, 0.25) is 0 Å². The van der Waals surface area contributed by atoms with Gasteiger partial charge in [-0.2, -0.15) is 0 Å². The fraction of sp³-hybridized carbons (Fsp3) is 0.467. The molecule has 2 aromatic rings. The second kappa shape index (κ2) is 6.25. The van der Waals surface area contributed by atoms with Gasteiger partial charge in [0.2, 0.25) is 11.8 Å². The van der Waals surface area contributed by atoms with Crippen molar-refractivity contribution in [1.82, 2.24) is 15.5 Å². The molecule has 21 heavy (non-hydrogen) atoms. The molecule has 0 saturated heterocycles. The maximum absolute atomic E-state index is 9.58. The maximum atomic E-state index is 9.58. The predicted octanol–water partition coefficient (Wildman–Crippen LogP) is 2.89. The Morgan fingerprint density at radius 3 is 2.71 bits per heavy atom. The molecule has 1 aliphatic carbocycles. The van der Waals surface area contributed by atoms with Crippen LogP contribution in [0.25, 0.3) is 11.5 Å². The molecule has 1 aliphatic rings. The molecule has 1 aromatic heterocycles. The summed E-state index contributed by atoms with van der Waals surface area (Å²) in [5, 5.41) is 21.1. The standard InChI is InChI=1S/C15H18BrN3O2/c16-12-6-2-1-5-11(12)14-19-18-13(21-14)9-17-15(10-20)7-3-4-8-15/h1-2,5-6,17,20H,3-4,7-10H2. The third kappa shape index (κ3) is 3.17. The molecule has 0 bridgehead atoms. The van der Waals surface area contributed by atoms with E-state index in [1.54, 1.807) is 0 Å². The van der Waals surface area contributed by atoms with Gasteiger partial charge in [-0.15, -0.1) is 10.2 Å². The van der Waals surface area contributed by atoms with Crippen molar-refractivity contribution < 1.29 is 9.52 Å². The summed E-state index contributed by atoms with van der Waals surface area (Å²) in [7, 11) is 0. The van der Waals surface area contributed by atoms with E-state index < -0.39 is 0 Å². The lowest BCUT2D eigenvalue weighted by atomic mass is 9.99. The van der Waals surface area contributed by atoms with Crippen LogP contribution in [0.4, 0.5) is 0 Å². The van der Waals surface area contributed by atoms with Crippen LogP contribution in [-0.4, -0.2) is 27.4 Å². The normalized spacial score (nSPS) is 17.2. The molecule has 0 aliphatic heterocycles. The predicted molar refractivity (Wildman–Crippen MR) is 82.6 cm³/mol. The van der Waals surface area contributed by atoms with Crippen molar-refractivity contribution in [3.05, 3.63) is 34.6 Å². The van der Waals surface area contributed by atoms with E-state index in [1.165, 1.54) is 0 Å². The molecule has 0 amide bonds. The fourth-order valence-electron chi connectivity index (χ4n) is 2.77. The third-order valence-electron chi connectivity index (χ3n) is 4.05. The lowest BCUT2D eigenvalue weighted by Gasteiger charge is -2.27. The van der Waals surface area contributed by atoms with E-state index in [0.29, 0.717) is 18.3 Å². The van der Waals surface area contributed by atoms with Crippen LogP contribution in [0, 0.1) is 0 Å². The monoisotopic (exact) mass is 351 g/mol. The molecule has 0 spiro atoms. The van der Waals surface area contributed by atoms with Crippen molar-refractivity contribution in [2.24, 2.45) is 0 Å². The van der Waals surface area contributed by atoms with Crippen LogP contribution in [-0.2, 0) is 6.54 Å². The van der Waals surface area contributed by atoms with E-state index in [-0.39, 0.29) is 12.1 Å². The molecule has 2 N–H and O–H groups in total. The van der Waals surface area contributed by atoms with E-state index in [1.807, 2.05) is 24.3 Å². The van der Waals surface area contributed by atoms with Gasteiger partial charge in [0.15, 0.2) is 0 Å². The van der Waals surface area contributed by atoms with Gasteiger partial charge in [-0.3, -0.25) is 0 Å². The second-order valence-corrected chi connectivity index (χ2v) is 6.33. The Bertz CT molecular complexity index is 608. The number of hydrogen-bond donors (Lipinski definition) is 2. The first-order valence-electron chi connectivity index (χ1n) is 7.16. The molecule has 6 heteroatoms. The zero-order chi connectivity index (χ0) is 14.7. The maximum Gasteiger partial charge on any atom is 0.248 e. The lowest BCUT2D eigenvalue weighted by molar-refractivity contribution is 0.159. The topological polar surface area (TPSA) is 71.2 Å². The van der Waals surface area contributed by atoms with Crippen molar-refractivity contribution in [3.63, 3.8) is 0 Å². The van der Waals surface area contributed by atoms with Crippen LogP contribution < -0.4 is 5.32 Å². The first-order chi connectivity index (χ1) is 10.2. The van der Waals surface area contributed by atoms with Crippen LogP contribution in [0.1, 0.15) is 31.6 Å². The van der Waals surface area contributed by atoms with Gasteiger partial charge >= 0.3 is 0 Å². The Morgan fingerprint density at radius 1 is 1.24 bits per heavy atom. The first-order valence-corrected chi connectivity index (χ1v) is 7.95. The number of hydrogen-bond acceptors (Lipinski definition) is 5. The van der Waals surface area contributed by atoms with E-state index in [2.05, 4.69) is 31.4 Å². The summed E-state index contributed by atoms with van der Waals surface area (Å²) in [4.78, 5) is 0. The second-order valence-electron chi connectivity index (χ2n) is 5.48. The van der Waals surface area contributed by atoms with Gasteiger partial charge in [-0.25, -0.2) is 0 Å². The number of nitrogens with zero attached hydrogens (tertiary/aromatic N) is 2. The number of rotatable bonds is 5. The zero-order valence-electron chi connectivity index (χ0n) is 11.7. The number of aliphatic hydroxyl groups is 1. The molecule has 0 radical (unpaired) electrons. The highest BCUT2D eigenvalue weighted by atomic mass is 79.9. The average Bonchev–Trinajstić information content (AvgIpc) is 3.16. The summed E-state index contributed by atoms with van der Waals surface area (Å²) >= 11 is 3.48. The largest absolute Gasteiger partial charge is 0.419 e. The molecule has 5 nitrogen and oxygen atoms in total. The van der Waals surface area contributed by atoms with E-state index in [9.17, 15) is 5.11 Å². The molecule has 1 fully saturated rings.